The molecule has 2 aliphatic rings. The molecule has 1 heterocycles. The van der Waals surface area contributed by atoms with Crippen LogP contribution in [0.25, 0.3) is 0 Å². The molecule has 98 valence electrons. The number of hydrogen-bond donors (Lipinski definition) is 1. The first-order chi connectivity index (χ1) is 7.96. The van der Waals surface area contributed by atoms with Crippen LogP contribution in [-0.2, 0) is 0 Å². The SMILES string of the molecule is CC1CCCN(C(N)=NCC2CC(F)(F)C2)C1. The lowest BCUT2D eigenvalue weighted by molar-refractivity contribution is -0.107. The van der Waals surface area contributed by atoms with Crippen molar-refractivity contribution < 1.29 is 8.78 Å². The van der Waals surface area contributed by atoms with E-state index in [1.807, 2.05) is 0 Å². The molecule has 2 rings (SSSR count). The van der Waals surface area contributed by atoms with Crippen molar-refractivity contribution in [3.05, 3.63) is 0 Å². The van der Waals surface area contributed by atoms with Crippen LogP contribution in [0.15, 0.2) is 4.99 Å². The average molecular weight is 245 g/mol. The highest BCUT2D eigenvalue weighted by molar-refractivity contribution is 5.78. The standard InChI is InChI=1S/C12H21F2N3/c1-9-3-2-4-17(8-9)11(15)16-7-10-5-12(13,14)6-10/h9-10H,2-8H2,1H3,(H2,15,16). The van der Waals surface area contributed by atoms with Gasteiger partial charge in [-0.2, -0.15) is 0 Å². The molecule has 0 amide bonds. The van der Waals surface area contributed by atoms with Crippen LogP contribution >= 0.6 is 0 Å². The molecule has 0 aromatic heterocycles. The van der Waals surface area contributed by atoms with Crippen molar-refractivity contribution in [2.24, 2.45) is 22.6 Å². The van der Waals surface area contributed by atoms with Crippen molar-refractivity contribution >= 4 is 5.96 Å². The van der Waals surface area contributed by atoms with Crippen LogP contribution in [-0.4, -0.2) is 36.4 Å². The van der Waals surface area contributed by atoms with E-state index in [2.05, 4.69) is 16.8 Å². The zero-order valence-corrected chi connectivity index (χ0v) is 10.3. The van der Waals surface area contributed by atoms with Crippen molar-refractivity contribution in [3.8, 4) is 0 Å². The molecule has 2 N–H and O–H groups in total. The van der Waals surface area contributed by atoms with Gasteiger partial charge in [0.1, 0.15) is 0 Å². The topological polar surface area (TPSA) is 41.6 Å². The third-order valence-corrected chi connectivity index (χ3v) is 3.67. The largest absolute Gasteiger partial charge is 0.370 e. The first-order valence-corrected chi connectivity index (χ1v) is 6.39. The number of likely N-dealkylation sites (tertiary alicyclic amines) is 1. The summed E-state index contributed by atoms with van der Waals surface area (Å²) >= 11 is 0. The van der Waals surface area contributed by atoms with Gasteiger partial charge in [0.05, 0.1) is 0 Å². The Morgan fingerprint density at radius 1 is 1.47 bits per heavy atom. The Morgan fingerprint density at radius 2 is 2.18 bits per heavy atom. The highest BCUT2D eigenvalue weighted by atomic mass is 19.3. The second kappa shape index (κ2) is 4.78. The van der Waals surface area contributed by atoms with Gasteiger partial charge in [-0.1, -0.05) is 6.92 Å². The molecule has 0 aromatic rings. The second-order valence-electron chi connectivity index (χ2n) is 5.52. The molecular formula is C12H21F2N3. The van der Waals surface area contributed by atoms with E-state index in [0.29, 0.717) is 18.4 Å². The molecule has 0 spiro atoms. The van der Waals surface area contributed by atoms with Crippen LogP contribution in [0.4, 0.5) is 8.78 Å². The molecule has 2 fully saturated rings. The third-order valence-electron chi connectivity index (χ3n) is 3.67. The minimum atomic E-state index is -2.45. The normalized spacial score (nSPS) is 30.2. The van der Waals surface area contributed by atoms with E-state index in [4.69, 9.17) is 5.73 Å². The summed E-state index contributed by atoms with van der Waals surface area (Å²) in [6, 6.07) is 0. The average Bonchev–Trinajstić information content (AvgIpc) is 2.23. The summed E-state index contributed by atoms with van der Waals surface area (Å²) in [5.41, 5.74) is 5.89. The summed E-state index contributed by atoms with van der Waals surface area (Å²) in [5, 5.41) is 0. The maximum Gasteiger partial charge on any atom is 0.248 e. The minimum absolute atomic E-state index is 0.0192. The predicted molar refractivity (Wildman–Crippen MR) is 64.1 cm³/mol. The molecule has 17 heavy (non-hydrogen) atoms. The van der Waals surface area contributed by atoms with Gasteiger partial charge >= 0.3 is 0 Å². The van der Waals surface area contributed by atoms with Gasteiger partial charge in [0, 0.05) is 32.5 Å². The van der Waals surface area contributed by atoms with Crippen LogP contribution in [0.3, 0.4) is 0 Å². The maximum atomic E-state index is 12.6. The molecule has 5 heteroatoms. The van der Waals surface area contributed by atoms with Crippen molar-refractivity contribution in [3.63, 3.8) is 0 Å². The molecule has 0 aromatic carbocycles. The summed E-state index contributed by atoms with van der Waals surface area (Å²) in [5.74, 6) is -1.25. The fraction of sp³-hybridized carbons (Fsp3) is 0.917. The van der Waals surface area contributed by atoms with Crippen molar-refractivity contribution in [1.29, 1.82) is 0 Å². The monoisotopic (exact) mass is 245 g/mol. The van der Waals surface area contributed by atoms with Crippen LogP contribution in [0.1, 0.15) is 32.6 Å². The van der Waals surface area contributed by atoms with Crippen LogP contribution in [0.2, 0.25) is 0 Å². The Balaban J connectivity index is 1.77. The van der Waals surface area contributed by atoms with E-state index >= 15 is 0 Å². The van der Waals surface area contributed by atoms with E-state index in [9.17, 15) is 8.78 Å². The van der Waals surface area contributed by atoms with Crippen molar-refractivity contribution in [2.45, 2.75) is 38.5 Å². The van der Waals surface area contributed by atoms with Crippen LogP contribution < -0.4 is 5.73 Å². The smallest absolute Gasteiger partial charge is 0.248 e. The number of aliphatic imine (C=N–C) groups is 1. The van der Waals surface area contributed by atoms with Gasteiger partial charge in [0.25, 0.3) is 0 Å². The highest BCUT2D eigenvalue weighted by Crippen LogP contribution is 2.42. The molecule has 0 radical (unpaired) electrons. The van der Waals surface area contributed by atoms with Crippen LogP contribution in [0.5, 0.6) is 0 Å². The summed E-state index contributed by atoms with van der Waals surface area (Å²) in [4.78, 5) is 6.33. The van der Waals surface area contributed by atoms with Gasteiger partial charge in [-0.15, -0.1) is 0 Å². The van der Waals surface area contributed by atoms with Gasteiger partial charge in [-0.05, 0) is 24.7 Å². The number of halogens is 2. The number of nitrogens with zero attached hydrogens (tertiary/aromatic N) is 2. The molecule has 1 aliphatic carbocycles. The summed E-state index contributed by atoms with van der Waals surface area (Å²) in [7, 11) is 0. The Kier molecular flexibility index (Phi) is 3.54. The molecule has 1 saturated heterocycles. The Hall–Kier alpha value is -0.870. The third kappa shape index (κ3) is 3.30. The number of piperidine rings is 1. The highest BCUT2D eigenvalue weighted by Gasteiger charge is 2.44. The van der Waals surface area contributed by atoms with Gasteiger partial charge in [0.2, 0.25) is 5.92 Å². The van der Waals surface area contributed by atoms with Crippen molar-refractivity contribution in [2.75, 3.05) is 19.6 Å². The maximum absolute atomic E-state index is 12.6. The number of guanidine groups is 1. The molecule has 1 atom stereocenters. The zero-order chi connectivity index (χ0) is 12.5. The first-order valence-electron chi connectivity index (χ1n) is 6.39. The Labute approximate surface area is 101 Å². The predicted octanol–water partition coefficient (Wildman–Crippen LogP) is 2.08. The lowest BCUT2D eigenvalue weighted by atomic mass is 9.81. The van der Waals surface area contributed by atoms with E-state index in [1.54, 1.807) is 0 Å². The van der Waals surface area contributed by atoms with Gasteiger partial charge in [-0.3, -0.25) is 4.99 Å². The van der Waals surface area contributed by atoms with E-state index in [0.717, 1.165) is 19.5 Å². The summed E-state index contributed by atoms with van der Waals surface area (Å²) < 4.78 is 25.3. The summed E-state index contributed by atoms with van der Waals surface area (Å²) in [6.45, 7) is 4.54. The Morgan fingerprint density at radius 3 is 2.76 bits per heavy atom. The van der Waals surface area contributed by atoms with E-state index in [1.165, 1.54) is 6.42 Å². The van der Waals surface area contributed by atoms with Gasteiger partial charge in [-0.25, -0.2) is 8.78 Å². The fourth-order valence-corrected chi connectivity index (χ4v) is 2.63. The van der Waals surface area contributed by atoms with E-state index in [-0.39, 0.29) is 18.8 Å². The van der Waals surface area contributed by atoms with Gasteiger partial charge < -0.3 is 10.6 Å². The first kappa shape index (κ1) is 12.6. The van der Waals surface area contributed by atoms with Gasteiger partial charge in [0.15, 0.2) is 5.96 Å². The number of hydrogen-bond acceptors (Lipinski definition) is 1. The lowest BCUT2D eigenvalue weighted by Gasteiger charge is -2.35. The van der Waals surface area contributed by atoms with Crippen LogP contribution in [0, 0.1) is 11.8 Å². The molecule has 0 bridgehead atoms. The summed E-state index contributed by atoms with van der Waals surface area (Å²) in [6.07, 6.45) is 2.32. The number of rotatable bonds is 2. The molecular weight excluding hydrogens is 224 g/mol. The van der Waals surface area contributed by atoms with Crippen molar-refractivity contribution in [1.82, 2.24) is 4.90 Å². The molecule has 1 unspecified atom stereocenters. The zero-order valence-electron chi connectivity index (χ0n) is 10.3. The second-order valence-corrected chi connectivity index (χ2v) is 5.52. The minimum Gasteiger partial charge on any atom is -0.370 e. The molecule has 3 nitrogen and oxygen atoms in total. The molecule has 1 aliphatic heterocycles. The van der Waals surface area contributed by atoms with E-state index < -0.39 is 5.92 Å². The number of alkyl halides is 2. The Bertz CT molecular complexity index is 296. The molecule has 1 saturated carbocycles. The quantitative estimate of drug-likeness (QED) is 0.598. The number of nitrogens with two attached hydrogens (primary N) is 1. The fourth-order valence-electron chi connectivity index (χ4n) is 2.63. The lowest BCUT2D eigenvalue weighted by Crippen LogP contribution is -2.44.